The molecule has 0 aromatic heterocycles. The fourth-order valence-electron chi connectivity index (χ4n) is 1.46. The first-order valence-corrected chi connectivity index (χ1v) is 4.92. The molecular weight excluding hydrogens is 260 g/mol. The Labute approximate surface area is 106 Å². The number of imide groups is 1. The number of benzene rings is 1. The summed E-state index contributed by atoms with van der Waals surface area (Å²) in [6.45, 7) is -0.560. The first kappa shape index (κ1) is 14.2. The van der Waals surface area contributed by atoms with E-state index in [0.717, 1.165) is 0 Å². The molecule has 102 valence electrons. The zero-order valence-corrected chi connectivity index (χ0v) is 9.77. The highest BCUT2D eigenvalue weighted by atomic mass is 16.6. The molecule has 0 aliphatic heterocycles. The van der Waals surface area contributed by atoms with E-state index in [1.165, 1.54) is 25.3 Å². The van der Waals surface area contributed by atoms with Gasteiger partial charge in [-0.15, -0.1) is 0 Å². The second-order valence-electron chi connectivity index (χ2n) is 3.38. The maximum Gasteiger partial charge on any atom is 0.417 e. The van der Waals surface area contributed by atoms with Crippen LogP contribution >= 0.6 is 0 Å². The Bertz CT molecular complexity index is 515. The third-order valence-electron chi connectivity index (χ3n) is 2.27. The summed E-state index contributed by atoms with van der Waals surface area (Å²) in [5, 5.41) is 28.2. The van der Waals surface area contributed by atoms with Crippen LogP contribution in [-0.4, -0.2) is 39.3 Å². The monoisotopic (exact) mass is 270 g/mol. The molecule has 0 atom stereocenters. The van der Waals surface area contributed by atoms with Crippen molar-refractivity contribution < 1.29 is 29.5 Å². The van der Waals surface area contributed by atoms with Gasteiger partial charge in [0, 0.05) is 11.6 Å². The van der Waals surface area contributed by atoms with E-state index in [-0.39, 0.29) is 21.9 Å². The van der Waals surface area contributed by atoms with Gasteiger partial charge in [-0.05, 0) is 0 Å². The largest absolute Gasteiger partial charge is 0.490 e. The minimum absolute atomic E-state index is 0.0847. The average Bonchev–Trinajstić information content (AvgIpc) is 2.34. The van der Waals surface area contributed by atoms with E-state index in [1.807, 2.05) is 0 Å². The number of carbonyl (C=O) groups is 2. The van der Waals surface area contributed by atoms with E-state index in [0.29, 0.717) is 0 Å². The fourth-order valence-corrected chi connectivity index (χ4v) is 1.46. The van der Waals surface area contributed by atoms with Gasteiger partial charge in [-0.2, -0.15) is 0 Å². The number of amides is 2. The molecule has 0 radical (unpaired) electrons. The number of nitro groups is 1. The minimum Gasteiger partial charge on any atom is -0.490 e. The highest BCUT2D eigenvalue weighted by Gasteiger charge is 2.25. The van der Waals surface area contributed by atoms with Gasteiger partial charge in [-0.1, -0.05) is 12.1 Å². The second kappa shape index (κ2) is 5.67. The van der Waals surface area contributed by atoms with Crippen LogP contribution < -0.4 is 4.74 Å². The van der Waals surface area contributed by atoms with Gasteiger partial charge in [-0.25, -0.2) is 14.5 Å². The average molecular weight is 270 g/mol. The summed E-state index contributed by atoms with van der Waals surface area (Å²) < 4.78 is 4.84. The molecule has 1 rings (SSSR count). The van der Waals surface area contributed by atoms with Crippen molar-refractivity contribution in [1.82, 2.24) is 4.90 Å². The quantitative estimate of drug-likeness (QED) is 0.629. The van der Waals surface area contributed by atoms with E-state index in [1.54, 1.807) is 0 Å². The molecule has 0 bridgehead atoms. The number of rotatable bonds is 4. The normalized spacial score (nSPS) is 9.74. The zero-order chi connectivity index (χ0) is 14.6. The van der Waals surface area contributed by atoms with Crippen molar-refractivity contribution in [1.29, 1.82) is 0 Å². The predicted octanol–water partition coefficient (Wildman–Crippen LogP) is 1.76. The summed E-state index contributed by atoms with van der Waals surface area (Å²) in [4.78, 5) is 31.6. The van der Waals surface area contributed by atoms with Crippen molar-refractivity contribution >= 4 is 17.9 Å². The van der Waals surface area contributed by atoms with Crippen LogP contribution in [0, 0.1) is 10.1 Å². The molecule has 0 unspecified atom stereocenters. The van der Waals surface area contributed by atoms with Crippen LogP contribution in [0.15, 0.2) is 18.2 Å². The van der Waals surface area contributed by atoms with Crippen LogP contribution in [0.1, 0.15) is 5.56 Å². The van der Waals surface area contributed by atoms with Crippen molar-refractivity contribution in [3.05, 3.63) is 33.9 Å². The summed E-state index contributed by atoms with van der Waals surface area (Å²) in [5.41, 5.74) is -0.280. The number of nitro benzene ring substituents is 1. The lowest BCUT2D eigenvalue weighted by Crippen LogP contribution is -2.33. The molecule has 19 heavy (non-hydrogen) atoms. The molecule has 0 aliphatic carbocycles. The topological polar surface area (TPSA) is 130 Å². The SMILES string of the molecule is COc1c(CN(C(=O)O)C(=O)O)cccc1[N+](=O)[O-]. The molecule has 0 heterocycles. The highest BCUT2D eigenvalue weighted by Crippen LogP contribution is 2.31. The Kier molecular flexibility index (Phi) is 4.24. The lowest BCUT2D eigenvalue weighted by molar-refractivity contribution is -0.385. The molecule has 9 heteroatoms. The van der Waals surface area contributed by atoms with E-state index in [4.69, 9.17) is 14.9 Å². The number of hydrogen-bond donors (Lipinski definition) is 2. The number of para-hydroxylation sites is 1. The number of nitrogens with zero attached hydrogens (tertiary/aromatic N) is 2. The van der Waals surface area contributed by atoms with Crippen LogP contribution in [0.4, 0.5) is 15.3 Å². The van der Waals surface area contributed by atoms with Gasteiger partial charge in [-0.3, -0.25) is 10.1 Å². The van der Waals surface area contributed by atoms with Crippen LogP contribution in [-0.2, 0) is 6.54 Å². The highest BCUT2D eigenvalue weighted by molar-refractivity contribution is 5.85. The molecule has 1 aromatic rings. The van der Waals surface area contributed by atoms with E-state index < -0.39 is 23.7 Å². The standard InChI is InChI=1S/C10H10N2O7/c1-19-8-6(3-2-4-7(8)12(17)18)5-11(9(13)14)10(15)16/h2-4H,5H2,1H3,(H,13,14)(H,15,16). The zero-order valence-electron chi connectivity index (χ0n) is 9.77. The van der Waals surface area contributed by atoms with Gasteiger partial charge in [0.25, 0.3) is 0 Å². The molecule has 2 amide bonds. The summed E-state index contributed by atoms with van der Waals surface area (Å²) in [5.74, 6) is -0.167. The number of methoxy groups -OCH3 is 1. The fraction of sp³-hybridized carbons (Fsp3) is 0.200. The van der Waals surface area contributed by atoms with Gasteiger partial charge in [0.2, 0.25) is 5.75 Å². The summed E-state index contributed by atoms with van der Waals surface area (Å²) in [6, 6.07) is 3.84. The van der Waals surface area contributed by atoms with Crippen molar-refractivity contribution in [2.75, 3.05) is 7.11 Å². The van der Waals surface area contributed by atoms with E-state index >= 15 is 0 Å². The molecule has 0 saturated heterocycles. The Balaban J connectivity index is 3.20. The Morgan fingerprint density at radius 2 is 1.95 bits per heavy atom. The number of hydrogen-bond acceptors (Lipinski definition) is 5. The predicted molar refractivity (Wildman–Crippen MR) is 61.2 cm³/mol. The van der Waals surface area contributed by atoms with Gasteiger partial charge in [0.1, 0.15) is 0 Å². The molecule has 9 nitrogen and oxygen atoms in total. The molecule has 2 N–H and O–H groups in total. The molecule has 0 fully saturated rings. The van der Waals surface area contributed by atoms with Crippen molar-refractivity contribution in [3.63, 3.8) is 0 Å². The summed E-state index contributed by atoms with van der Waals surface area (Å²) in [7, 11) is 1.18. The third-order valence-corrected chi connectivity index (χ3v) is 2.27. The Morgan fingerprint density at radius 3 is 2.37 bits per heavy atom. The summed E-state index contributed by atoms with van der Waals surface area (Å²) in [6.07, 6.45) is -3.36. The van der Waals surface area contributed by atoms with E-state index in [2.05, 4.69) is 0 Å². The van der Waals surface area contributed by atoms with Crippen LogP contribution in [0.2, 0.25) is 0 Å². The first-order chi connectivity index (χ1) is 8.88. The van der Waals surface area contributed by atoms with Gasteiger partial charge < -0.3 is 14.9 Å². The Hall–Kier alpha value is -2.84. The molecule has 0 aliphatic rings. The molecule has 0 spiro atoms. The van der Waals surface area contributed by atoms with Gasteiger partial charge in [0.15, 0.2) is 0 Å². The van der Waals surface area contributed by atoms with Crippen molar-refractivity contribution in [2.45, 2.75) is 6.54 Å². The van der Waals surface area contributed by atoms with Crippen molar-refractivity contribution in [3.8, 4) is 5.75 Å². The minimum atomic E-state index is -1.68. The lowest BCUT2D eigenvalue weighted by atomic mass is 10.1. The van der Waals surface area contributed by atoms with Crippen LogP contribution in [0.25, 0.3) is 0 Å². The number of carboxylic acid groups (broad SMARTS) is 2. The maximum absolute atomic E-state index is 10.8. The second-order valence-corrected chi connectivity index (χ2v) is 3.38. The third kappa shape index (κ3) is 3.09. The molecular formula is C10H10N2O7. The van der Waals surface area contributed by atoms with Crippen LogP contribution in [0.5, 0.6) is 5.75 Å². The maximum atomic E-state index is 10.8. The Morgan fingerprint density at radius 1 is 1.37 bits per heavy atom. The smallest absolute Gasteiger partial charge is 0.417 e. The van der Waals surface area contributed by atoms with Gasteiger partial charge >= 0.3 is 17.9 Å². The van der Waals surface area contributed by atoms with Crippen LogP contribution in [0.3, 0.4) is 0 Å². The van der Waals surface area contributed by atoms with Gasteiger partial charge in [0.05, 0.1) is 18.6 Å². The lowest BCUT2D eigenvalue weighted by Gasteiger charge is -2.15. The van der Waals surface area contributed by atoms with Crippen molar-refractivity contribution in [2.24, 2.45) is 0 Å². The summed E-state index contributed by atoms with van der Waals surface area (Å²) >= 11 is 0. The number of ether oxygens (including phenoxy) is 1. The molecule has 0 saturated carbocycles. The van der Waals surface area contributed by atoms with E-state index in [9.17, 15) is 19.7 Å². The first-order valence-electron chi connectivity index (χ1n) is 4.92. The molecule has 1 aromatic carbocycles.